The van der Waals surface area contributed by atoms with E-state index in [-0.39, 0.29) is 11.4 Å². The van der Waals surface area contributed by atoms with Crippen molar-refractivity contribution in [2.45, 2.75) is 24.4 Å². The molecule has 0 aliphatic heterocycles. The summed E-state index contributed by atoms with van der Waals surface area (Å²) < 4.78 is 34.7. The molecule has 0 bridgehead atoms. The van der Waals surface area contributed by atoms with Crippen LogP contribution in [0.3, 0.4) is 0 Å². The SMILES string of the molecule is COCCCn1cnnc1CNS(=O)(=O)c1cccc2nn(C)nc12. The van der Waals surface area contributed by atoms with Gasteiger partial charge in [0.25, 0.3) is 0 Å². The third kappa shape index (κ3) is 3.83. The predicted octanol–water partition coefficient (Wildman–Crippen LogP) is 0.0748. The van der Waals surface area contributed by atoms with Crippen LogP contribution in [0.15, 0.2) is 29.4 Å². The van der Waals surface area contributed by atoms with Crippen molar-refractivity contribution in [3.05, 3.63) is 30.4 Å². The fourth-order valence-corrected chi connectivity index (χ4v) is 3.58. The predicted molar refractivity (Wildman–Crippen MR) is 89.0 cm³/mol. The lowest BCUT2D eigenvalue weighted by atomic mass is 10.3. The largest absolute Gasteiger partial charge is 0.385 e. The van der Waals surface area contributed by atoms with Crippen LogP contribution in [0.4, 0.5) is 0 Å². The summed E-state index contributed by atoms with van der Waals surface area (Å²) in [4.78, 5) is 1.43. The van der Waals surface area contributed by atoms with Gasteiger partial charge in [-0.2, -0.15) is 15.0 Å². The molecule has 0 radical (unpaired) electrons. The van der Waals surface area contributed by atoms with E-state index in [9.17, 15) is 8.42 Å². The number of rotatable bonds is 8. The fraction of sp³-hybridized carbons (Fsp3) is 0.429. The first kappa shape index (κ1) is 17.5. The van der Waals surface area contributed by atoms with Crippen molar-refractivity contribution in [2.24, 2.45) is 7.05 Å². The second-order valence-electron chi connectivity index (χ2n) is 5.42. The van der Waals surface area contributed by atoms with Gasteiger partial charge in [0.15, 0.2) is 0 Å². The minimum absolute atomic E-state index is 0.0337. The molecule has 1 N–H and O–H groups in total. The highest BCUT2D eigenvalue weighted by Gasteiger charge is 2.20. The van der Waals surface area contributed by atoms with Gasteiger partial charge in [-0.15, -0.1) is 10.2 Å². The molecule has 25 heavy (non-hydrogen) atoms. The van der Waals surface area contributed by atoms with Crippen LogP contribution in [0, 0.1) is 0 Å². The van der Waals surface area contributed by atoms with Crippen LogP contribution in [0.2, 0.25) is 0 Å². The maximum atomic E-state index is 12.7. The molecule has 0 unspecified atom stereocenters. The van der Waals surface area contributed by atoms with E-state index >= 15 is 0 Å². The summed E-state index contributed by atoms with van der Waals surface area (Å²) in [6, 6.07) is 4.86. The quantitative estimate of drug-likeness (QED) is 0.562. The molecule has 0 atom stereocenters. The Kier molecular flexibility index (Phi) is 5.06. The lowest BCUT2D eigenvalue weighted by Crippen LogP contribution is -2.25. The Morgan fingerprint density at radius 3 is 2.92 bits per heavy atom. The smallest absolute Gasteiger partial charge is 0.243 e. The summed E-state index contributed by atoms with van der Waals surface area (Å²) in [7, 11) is -0.485. The number of nitrogens with zero attached hydrogens (tertiary/aromatic N) is 6. The number of fused-ring (bicyclic) bond motifs is 1. The standard InChI is InChI=1S/C14H19N7O3S/c1-20-18-11-5-3-6-12(14(11)19-20)25(22,23)16-9-13-17-15-10-21(13)7-4-8-24-2/h3,5-6,10,16H,4,7-9H2,1-2H3. The third-order valence-corrected chi connectivity index (χ3v) is 5.06. The number of hydrogen-bond acceptors (Lipinski definition) is 7. The molecular formula is C14H19N7O3S. The molecule has 0 aliphatic rings. The minimum Gasteiger partial charge on any atom is -0.385 e. The van der Waals surface area contributed by atoms with E-state index in [1.807, 2.05) is 0 Å². The zero-order valence-electron chi connectivity index (χ0n) is 14.0. The number of ether oxygens (including phenoxy) is 1. The summed E-state index contributed by atoms with van der Waals surface area (Å²) in [5, 5.41) is 16.1. The lowest BCUT2D eigenvalue weighted by molar-refractivity contribution is 0.190. The monoisotopic (exact) mass is 365 g/mol. The van der Waals surface area contributed by atoms with Gasteiger partial charge in [0.05, 0.1) is 6.54 Å². The Labute approximate surface area is 144 Å². The van der Waals surface area contributed by atoms with E-state index in [2.05, 4.69) is 25.1 Å². The van der Waals surface area contributed by atoms with Gasteiger partial charge < -0.3 is 9.30 Å². The topological polar surface area (TPSA) is 117 Å². The second-order valence-corrected chi connectivity index (χ2v) is 7.16. The second kappa shape index (κ2) is 7.25. The third-order valence-electron chi connectivity index (χ3n) is 3.63. The van der Waals surface area contributed by atoms with Crippen LogP contribution in [0.5, 0.6) is 0 Å². The Morgan fingerprint density at radius 1 is 1.28 bits per heavy atom. The Morgan fingerprint density at radius 2 is 2.12 bits per heavy atom. The molecule has 0 aliphatic carbocycles. The highest BCUT2D eigenvalue weighted by atomic mass is 32.2. The van der Waals surface area contributed by atoms with E-state index in [1.165, 1.54) is 10.9 Å². The summed E-state index contributed by atoms with van der Waals surface area (Å²) in [6.07, 6.45) is 2.36. The van der Waals surface area contributed by atoms with Crippen LogP contribution in [-0.4, -0.2) is 51.9 Å². The number of aryl methyl sites for hydroxylation is 2. The van der Waals surface area contributed by atoms with E-state index in [1.54, 1.807) is 37.2 Å². The highest BCUT2D eigenvalue weighted by molar-refractivity contribution is 7.89. The molecule has 10 nitrogen and oxygen atoms in total. The number of nitrogens with one attached hydrogen (secondary N) is 1. The minimum atomic E-state index is -3.76. The fourth-order valence-electron chi connectivity index (χ4n) is 2.45. The van der Waals surface area contributed by atoms with Crippen molar-refractivity contribution < 1.29 is 13.2 Å². The van der Waals surface area contributed by atoms with Gasteiger partial charge >= 0.3 is 0 Å². The van der Waals surface area contributed by atoms with Crippen molar-refractivity contribution in [3.8, 4) is 0 Å². The van der Waals surface area contributed by atoms with Gasteiger partial charge in [0.1, 0.15) is 28.1 Å². The van der Waals surface area contributed by atoms with Crippen LogP contribution >= 0.6 is 0 Å². The van der Waals surface area contributed by atoms with Crippen molar-refractivity contribution in [1.29, 1.82) is 0 Å². The number of hydrogen-bond donors (Lipinski definition) is 1. The van der Waals surface area contributed by atoms with Gasteiger partial charge in [-0.3, -0.25) is 0 Å². The van der Waals surface area contributed by atoms with Crippen molar-refractivity contribution >= 4 is 21.1 Å². The molecule has 2 heterocycles. The van der Waals surface area contributed by atoms with E-state index in [0.717, 1.165) is 6.42 Å². The lowest BCUT2D eigenvalue weighted by Gasteiger charge is -2.08. The Hall–Kier alpha value is -2.37. The van der Waals surface area contributed by atoms with Gasteiger partial charge in [0.2, 0.25) is 10.0 Å². The first-order valence-electron chi connectivity index (χ1n) is 7.66. The molecule has 0 saturated heterocycles. The van der Waals surface area contributed by atoms with Crippen molar-refractivity contribution in [3.63, 3.8) is 0 Å². The normalized spacial score (nSPS) is 12.1. The van der Waals surface area contributed by atoms with Crippen LogP contribution < -0.4 is 4.72 Å². The summed E-state index contributed by atoms with van der Waals surface area (Å²) in [5.74, 6) is 0.533. The molecular weight excluding hydrogens is 346 g/mol. The summed E-state index contributed by atoms with van der Waals surface area (Å²) in [5.41, 5.74) is 0.854. The van der Waals surface area contributed by atoms with E-state index in [0.29, 0.717) is 30.0 Å². The maximum absolute atomic E-state index is 12.7. The zero-order chi connectivity index (χ0) is 17.9. The van der Waals surface area contributed by atoms with Gasteiger partial charge in [-0.05, 0) is 18.6 Å². The average molecular weight is 365 g/mol. The zero-order valence-corrected chi connectivity index (χ0v) is 14.8. The molecule has 2 aromatic heterocycles. The molecule has 0 saturated carbocycles. The Bertz CT molecular complexity index is 964. The molecule has 134 valence electrons. The maximum Gasteiger partial charge on any atom is 0.243 e. The van der Waals surface area contributed by atoms with Crippen molar-refractivity contribution in [1.82, 2.24) is 34.5 Å². The molecule has 11 heteroatoms. The van der Waals surface area contributed by atoms with Crippen LogP contribution in [0.1, 0.15) is 12.2 Å². The highest BCUT2D eigenvalue weighted by Crippen LogP contribution is 2.19. The van der Waals surface area contributed by atoms with Gasteiger partial charge in [-0.1, -0.05) is 6.07 Å². The number of aromatic nitrogens is 6. The summed E-state index contributed by atoms with van der Waals surface area (Å²) in [6.45, 7) is 1.29. The number of benzene rings is 1. The molecule has 1 aromatic carbocycles. The number of methoxy groups -OCH3 is 1. The molecule has 3 aromatic rings. The van der Waals surface area contributed by atoms with Crippen LogP contribution in [0.25, 0.3) is 11.0 Å². The molecule has 0 fully saturated rings. The first-order valence-corrected chi connectivity index (χ1v) is 9.15. The number of sulfonamides is 1. The van der Waals surface area contributed by atoms with Crippen LogP contribution in [-0.2, 0) is 34.9 Å². The molecule has 3 rings (SSSR count). The van der Waals surface area contributed by atoms with E-state index in [4.69, 9.17) is 4.74 Å². The van der Waals surface area contributed by atoms with Gasteiger partial charge in [0, 0.05) is 27.3 Å². The molecule has 0 spiro atoms. The Balaban J connectivity index is 1.77. The van der Waals surface area contributed by atoms with E-state index < -0.39 is 10.0 Å². The molecule has 0 amide bonds. The van der Waals surface area contributed by atoms with Crippen molar-refractivity contribution in [2.75, 3.05) is 13.7 Å². The summed E-state index contributed by atoms with van der Waals surface area (Å²) >= 11 is 0. The van der Waals surface area contributed by atoms with Gasteiger partial charge in [-0.25, -0.2) is 13.1 Å². The average Bonchev–Trinajstić information content (AvgIpc) is 3.17. The first-order chi connectivity index (χ1) is 12.0.